The van der Waals surface area contributed by atoms with E-state index in [9.17, 15) is 9.59 Å². The molecule has 1 N–H and O–H groups in total. The molecule has 0 saturated heterocycles. The highest BCUT2D eigenvalue weighted by molar-refractivity contribution is 5.97. The molecule has 1 aliphatic heterocycles. The fourth-order valence-electron chi connectivity index (χ4n) is 2.75. The van der Waals surface area contributed by atoms with E-state index in [0.29, 0.717) is 28.7 Å². The van der Waals surface area contributed by atoms with Gasteiger partial charge in [-0.05, 0) is 49.1 Å². The van der Waals surface area contributed by atoms with Gasteiger partial charge in [0.2, 0.25) is 6.79 Å². The molecule has 1 amide bonds. The van der Waals surface area contributed by atoms with E-state index in [0.717, 1.165) is 12.0 Å². The van der Waals surface area contributed by atoms with Crippen LogP contribution in [0.4, 0.5) is 5.69 Å². The first-order valence-electron chi connectivity index (χ1n) is 8.93. The second-order valence-corrected chi connectivity index (χ2v) is 6.90. The van der Waals surface area contributed by atoms with E-state index >= 15 is 0 Å². The summed E-state index contributed by atoms with van der Waals surface area (Å²) in [5.74, 6) is 0.799. The minimum atomic E-state index is -0.932. The van der Waals surface area contributed by atoms with Crippen LogP contribution in [0.1, 0.15) is 36.7 Å². The Kier molecular flexibility index (Phi) is 5.64. The van der Waals surface area contributed by atoms with Crippen LogP contribution in [0.2, 0.25) is 0 Å². The van der Waals surface area contributed by atoms with Gasteiger partial charge in [0.05, 0.1) is 5.56 Å². The molecule has 2 aromatic carbocycles. The van der Waals surface area contributed by atoms with E-state index in [1.54, 1.807) is 30.3 Å². The molecule has 27 heavy (non-hydrogen) atoms. The highest BCUT2D eigenvalue weighted by Crippen LogP contribution is 2.34. The van der Waals surface area contributed by atoms with E-state index in [1.165, 1.54) is 6.92 Å². The summed E-state index contributed by atoms with van der Waals surface area (Å²) in [7, 11) is 0. The lowest BCUT2D eigenvalue weighted by Crippen LogP contribution is -2.30. The average Bonchev–Trinajstić information content (AvgIpc) is 3.09. The Balaban J connectivity index is 1.56. The van der Waals surface area contributed by atoms with Gasteiger partial charge in [0.25, 0.3) is 5.91 Å². The van der Waals surface area contributed by atoms with E-state index in [-0.39, 0.29) is 6.79 Å². The van der Waals surface area contributed by atoms with Crippen LogP contribution in [0, 0.1) is 5.92 Å². The van der Waals surface area contributed by atoms with Crippen molar-refractivity contribution in [2.45, 2.75) is 33.3 Å². The molecule has 0 aliphatic carbocycles. The number of anilines is 1. The Bertz CT molecular complexity index is 829. The van der Waals surface area contributed by atoms with Crippen LogP contribution >= 0.6 is 0 Å². The predicted octanol–water partition coefficient (Wildman–Crippen LogP) is 3.80. The van der Waals surface area contributed by atoms with Crippen LogP contribution in [0.25, 0.3) is 0 Å². The molecular formula is C21H23NO5. The topological polar surface area (TPSA) is 73.9 Å². The number of rotatable bonds is 6. The van der Waals surface area contributed by atoms with Crippen LogP contribution in [-0.4, -0.2) is 24.8 Å². The van der Waals surface area contributed by atoms with Crippen LogP contribution in [0.15, 0.2) is 42.5 Å². The van der Waals surface area contributed by atoms with Gasteiger partial charge >= 0.3 is 5.97 Å². The number of ether oxygens (including phenoxy) is 3. The normalized spacial score (nSPS) is 13.3. The summed E-state index contributed by atoms with van der Waals surface area (Å²) in [6, 6.07) is 12.4. The van der Waals surface area contributed by atoms with Crippen LogP contribution in [0.3, 0.4) is 0 Å². The number of carbonyl (C=O) groups excluding carboxylic acids is 2. The van der Waals surface area contributed by atoms with E-state index in [1.807, 2.05) is 12.1 Å². The number of esters is 1. The molecule has 1 heterocycles. The zero-order valence-electron chi connectivity index (χ0n) is 15.7. The Labute approximate surface area is 158 Å². The van der Waals surface area contributed by atoms with Gasteiger partial charge < -0.3 is 19.5 Å². The first-order chi connectivity index (χ1) is 12.9. The van der Waals surface area contributed by atoms with E-state index in [2.05, 4.69) is 19.2 Å². The van der Waals surface area contributed by atoms with Gasteiger partial charge in [-0.1, -0.05) is 26.0 Å². The van der Waals surface area contributed by atoms with Gasteiger partial charge in [0.15, 0.2) is 17.6 Å². The van der Waals surface area contributed by atoms with Gasteiger partial charge in [-0.25, -0.2) is 4.79 Å². The Hall–Kier alpha value is -3.02. The molecule has 1 aliphatic rings. The quantitative estimate of drug-likeness (QED) is 0.784. The van der Waals surface area contributed by atoms with Gasteiger partial charge in [-0.2, -0.15) is 0 Å². The number of benzene rings is 2. The number of hydrogen-bond acceptors (Lipinski definition) is 5. The van der Waals surface area contributed by atoms with Crippen molar-refractivity contribution in [3.63, 3.8) is 0 Å². The summed E-state index contributed by atoms with van der Waals surface area (Å²) in [6.07, 6.45) is 0.0159. The standard InChI is InChI=1S/C21H23NO5/c1-13(2)10-15-4-6-16(7-5-15)21(24)27-14(3)20(23)22-17-8-9-18-19(11-17)26-12-25-18/h4-9,11,13-14H,10,12H2,1-3H3,(H,22,23)/t14-/m1/s1. The van der Waals surface area contributed by atoms with Crippen molar-refractivity contribution in [1.29, 1.82) is 0 Å². The molecule has 0 saturated carbocycles. The lowest BCUT2D eigenvalue weighted by atomic mass is 10.0. The van der Waals surface area contributed by atoms with Crippen molar-refractivity contribution in [1.82, 2.24) is 0 Å². The van der Waals surface area contributed by atoms with Crippen molar-refractivity contribution >= 4 is 17.6 Å². The SMILES string of the molecule is CC(C)Cc1ccc(C(=O)O[C@H](C)C(=O)Nc2ccc3c(c2)OCO3)cc1. The smallest absolute Gasteiger partial charge is 0.338 e. The van der Waals surface area contributed by atoms with Crippen molar-refractivity contribution < 1.29 is 23.8 Å². The molecule has 0 unspecified atom stereocenters. The maximum atomic E-state index is 12.3. The van der Waals surface area contributed by atoms with Crippen LogP contribution < -0.4 is 14.8 Å². The number of carbonyl (C=O) groups is 2. The molecule has 142 valence electrons. The number of nitrogens with one attached hydrogen (secondary N) is 1. The number of fused-ring (bicyclic) bond motifs is 1. The fraction of sp³-hybridized carbons (Fsp3) is 0.333. The number of hydrogen-bond donors (Lipinski definition) is 1. The number of amides is 1. The first-order valence-corrected chi connectivity index (χ1v) is 8.93. The fourth-order valence-corrected chi connectivity index (χ4v) is 2.75. The van der Waals surface area contributed by atoms with Gasteiger partial charge in [-0.3, -0.25) is 4.79 Å². The Morgan fingerprint density at radius 2 is 1.74 bits per heavy atom. The van der Waals surface area contributed by atoms with E-state index < -0.39 is 18.0 Å². The van der Waals surface area contributed by atoms with Crippen molar-refractivity contribution in [2.24, 2.45) is 5.92 Å². The molecule has 3 rings (SSSR count). The molecule has 0 aromatic heterocycles. The lowest BCUT2D eigenvalue weighted by Gasteiger charge is -2.14. The highest BCUT2D eigenvalue weighted by Gasteiger charge is 2.20. The first kappa shape index (κ1) is 18.8. The minimum Gasteiger partial charge on any atom is -0.454 e. The summed E-state index contributed by atoms with van der Waals surface area (Å²) < 4.78 is 15.8. The summed E-state index contributed by atoms with van der Waals surface area (Å²) >= 11 is 0. The molecule has 0 bridgehead atoms. The van der Waals surface area contributed by atoms with Gasteiger partial charge in [0, 0.05) is 11.8 Å². The third kappa shape index (κ3) is 4.78. The lowest BCUT2D eigenvalue weighted by molar-refractivity contribution is -0.123. The minimum absolute atomic E-state index is 0.163. The average molecular weight is 369 g/mol. The van der Waals surface area contributed by atoms with Crippen molar-refractivity contribution in [3.8, 4) is 11.5 Å². The monoisotopic (exact) mass is 369 g/mol. The maximum Gasteiger partial charge on any atom is 0.338 e. The van der Waals surface area contributed by atoms with E-state index in [4.69, 9.17) is 14.2 Å². The second-order valence-electron chi connectivity index (χ2n) is 6.90. The van der Waals surface area contributed by atoms with Crippen molar-refractivity contribution in [3.05, 3.63) is 53.6 Å². The summed E-state index contributed by atoms with van der Waals surface area (Å²) in [6.45, 7) is 5.98. The highest BCUT2D eigenvalue weighted by atomic mass is 16.7. The van der Waals surface area contributed by atoms with Gasteiger partial charge in [0.1, 0.15) is 0 Å². The van der Waals surface area contributed by atoms with Crippen molar-refractivity contribution in [2.75, 3.05) is 12.1 Å². The largest absolute Gasteiger partial charge is 0.454 e. The second kappa shape index (κ2) is 8.12. The third-order valence-corrected chi connectivity index (χ3v) is 4.13. The Morgan fingerprint density at radius 3 is 2.44 bits per heavy atom. The van der Waals surface area contributed by atoms with Crippen LogP contribution in [-0.2, 0) is 16.0 Å². The molecule has 0 fully saturated rings. The molecule has 0 spiro atoms. The molecule has 6 heteroatoms. The summed E-state index contributed by atoms with van der Waals surface area (Å²) in [5, 5.41) is 2.71. The molecule has 6 nitrogen and oxygen atoms in total. The summed E-state index contributed by atoms with van der Waals surface area (Å²) in [4.78, 5) is 24.6. The molecular weight excluding hydrogens is 346 g/mol. The summed E-state index contributed by atoms with van der Waals surface area (Å²) in [5.41, 5.74) is 2.13. The van der Waals surface area contributed by atoms with Gasteiger partial charge in [-0.15, -0.1) is 0 Å². The predicted molar refractivity (Wildman–Crippen MR) is 101 cm³/mol. The molecule has 0 radical (unpaired) electrons. The maximum absolute atomic E-state index is 12.3. The Morgan fingerprint density at radius 1 is 1.04 bits per heavy atom. The van der Waals surface area contributed by atoms with Crippen LogP contribution in [0.5, 0.6) is 11.5 Å². The molecule has 2 aromatic rings. The third-order valence-electron chi connectivity index (χ3n) is 4.13. The molecule has 1 atom stereocenters. The zero-order chi connectivity index (χ0) is 19.4. The zero-order valence-corrected chi connectivity index (χ0v) is 15.7.